The fourth-order valence-corrected chi connectivity index (χ4v) is 2.88. The van der Waals surface area contributed by atoms with E-state index in [4.69, 9.17) is 9.47 Å². The van der Waals surface area contributed by atoms with Gasteiger partial charge in [0, 0.05) is 24.4 Å². The molecule has 0 saturated carbocycles. The molecule has 1 heterocycles. The van der Waals surface area contributed by atoms with Crippen LogP contribution in [-0.2, 0) is 15.2 Å². The summed E-state index contributed by atoms with van der Waals surface area (Å²) >= 11 is 0. The predicted molar refractivity (Wildman–Crippen MR) is 97.4 cm³/mol. The van der Waals surface area contributed by atoms with E-state index in [0.29, 0.717) is 18.9 Å². The van der Waals surface area contributed by atoms with Gasteiger partial charge in [0.1, 0.15) is 0 Å². The van der Waals surface area contributed by atoms with Gasteiger partial charge in [0.2, 0.25) is 5.72 Å². The summed E-state index contributed by atoms with van der Waals surface area (Å²) in [6.45, 7) is 10.6. The second kappa shape index (κ2) is 8.19. The average Bonchev–Trinajstić information content (AvgIpc) is 3.10. The second-order valence-electron chi connectivity index (χ2n) is 6.74. The van der Waals surface area contributed by atoms with Crippen LogP contribution in [0.5, 0.6) is 0 Å². The molecule has 0 spiro atoms. The molecule has 2 aromatic rings. The Morgan fingerprint density at radius 2 is 2.08 bits per heavy atom. The molecule has 1 atom stereocenters. The van der Waals surface area contributed by atoms with Crippen LogP contribution < -0.4 is 0 Å². The Bertz CT molecular complexity index is 695. The lowest BCUT2D eigenvalue weighted by Crippen LogP contribution is -2.39. The number of nitrogens with zero attached hydrogens (tertiary/aromatic N) is 2. The zero-order valence-electron chi connectivity index (χ0n) is 15.8. The molecule has 25 heavy (non-hydrogen) atoms. The summed E-state index contributed by atoms with van der Waals surface area (Å²) in [4.78, 5) is 16.5. The number of aromatic nitrogens is 2. The predicted octanol–water partition coefficient (Wildman–Crippen LogP) is 4.81. The van der Waals surface area contributed by atoms with Gasteiger partial charge in [-0.25, -0.2) is 9.78 Å². The number of ether oxygens (including phenoxy) is 2. The summed E-state index contributed by atoms with van der Waals surface area (Å²) in [7, 11) is 0. The van der Waals surface area contributed by atoms with Crippen LogP contribution in [0.4, 0.5) is 4.79 Å². The lowest BCUT2D eigenvalue weighted by molar-refractivity contribution is -0.0610. The Morgan fingerprint density at radius 3 is 2.68 bits per heavy atom. The summed E-state index contributed by atoms with van der Waals surface area (Å²) in [6.07, 6.45) is 5.88. The Balaban J connectivity index is 2.37. The van der Waals surface area contributed by atoms with Gasteiger partial charge >= 0.3 is 6.16 Å². The van der Waals surface area contributed by atoms with Gasteiger partial charge in [-0.1, -0.05) is 39.0 Å². The first kappa shape index (κ1) is 19.0. The van der Waals surface area contributed by atoms with Crippen LogP contribution in [0.25, 0.3) is 0 Å². The number of rotatable bonds is 7. The summed E-state index contributed by atoms with van der Waals surface area (Å²) in [6, 6.07) is 6.02. The van der Waals surface area contributed by atoms with E-state index < -0.39 is 11.9 Å². The van der Waals surface area contributed by atoms with Gasteiger partial charge in [0.05, 0.1) is 12.9 Å². The Morgan fingerprint density at radius 1 is 1.32 bits per heavy atom. The molecule has 1 unspecified atom stereocenters. The number of hydrogen-bond acceptors (Lipinski definition) is 4. The molecule has 0 radical (unpaired) electrons. The van der Waals surface area contributed by atoms with E-state index in [2.05, 4.69) is 18.8 Å². The fourth-order valence-electron chi connectivity index (χ4n) is 2.88. The van der Waals surface area contributed by atoms with Crippen molar-refractivity contribution in [2.24, 2.45) is 5.92 Å². The third-order valence-electron chi connectivity index (χ3n) is 4.59. The van der Waals surface area contributed by atoms with E-state index in [1.54, 1.807) is 12.5 Å². The topological polar surface area (TPSA) is 53.4 Å². The van der Waals surface area contributed by atoms with Crippen LogP contribution in [0.15, 0.2) is 36.9 Å². The number of imidazole rings is 1. The highest BCUT2D eigenvalue weighted by Gasteiger charge is 2.38. The molecule has 0 bridgehead atoms. The highest BCUT2D eigenvalue weighted by Crippen LogP contribution is 2.35. The van der Waals surface area contributed by atoms with Gasteiger partial charge < -0.3 is 9.47 Å². The monoisotopic (exact) mass is 344 g/mol. The van der Waals surface area contributed by atoms with E-state index in [1.807, 2.05) is 49.7 Å². The van der Waals surface area contributed by atoms with Crippen LogP contribution in [0.2, 0.25) is 0 Å². The second-order valence-corrected chi connectivity index (χ2v) is 6.74. The van der Waals surface area contributed by atoms with Crippen molar-refractivity contribution in [3.8, 4) is 0 Å². The summed E-state index contributed by atoms with van der Waals surface area (Å²) in [5.74, 6) is 0.469. The van der Waals surface area contributed by atoms with Crippen molar-refractivity contribution in [2.45, 2.75) is 53.2 Å². The van der Waals surface area contributed by atoms with Crippen molar-refractivity contribution in [3.05, 3.63) is 53.6 Å². The summed E-state index contributed by atoms with van der Waals surface area (Å²) in [5.41, 5.74) is 2.20. The maximum Gasteiger partial charge on any atom is 0.510 e. The maximum absolute atomic E-state index is 12.4. The Hall–Kier alpha value is -2.30. The van der Waals surface area contributed by atoms with Crippen LogP contribution in [0, 0.1) is 19.8 Å². The molecule has 0 aliphatic heterocycles. The van der Waals surface area contributed by atoms with Crippen molar-refractivity contribution >= 4 is 6.16 Å². The van der Waals surface area contributed by atoms with Crippen molar-refractivity contribution in [3.63, 3.8) is 0 Å². The zero-order chi connectivity index (χ0) is 18.4. The molecule has 0 amide bonds. The smallest absolute Gasteiger partial charge is 0.434 e. The molecular formula is C20H28N2O3. The standard InChI is InChI=1S/C20H28N2O3/c1-6-20(22-12-11-21-14-22,18-9-7-8-16(4)17(18)5)25-19(23)24-13-10-15(2)3/h7-9,11-12,14-15H,6,10,13H2,1-5H3. The Kier molecular flexibility index (Phi) is 6.23. The van der Waals surface area contributed by atoms with Gasteiger partial charge in [-0.05, 0) is 37.3 Å². The van der Waals surface area contributed by atoms with E-state index in [0.717, 1.165) is 23.1 Å². The first-order valence-electron chi connectivity index (χ1n) is 8.81. The molecular weight excluding hydrogens is 316 g/mol. The van der Waals surface area contributed by atoms with Gasteiger partial charge in [-0.15, -0.1) is 0 Å². The molecule has 0 aliphatic rings. The van der Waals surface area contributed by atoms with E-state index in [1.165, 1.54) is 0 Å². The minimum absolute atomic E-state index is 0.354. The van der Waals surface area contributed by atoms with E-state index >= 15 is 0 Å². The van der Waals surface area contributed by atoms with Crippen LogP contribution in [-0.4, -0.2) is 22.3 Å². The summed E-state index contributed by atoms with van der Waals surface area (Å²) in [5, 5.41) is 0. The lowest BCUT2D eigenvalue weighted by Gasteiger charge is -2.35. The van der Waals surface area contributed by atoms with Crippen molar-refractivity contribution < 1.29 is 14.3 Å². The highest BCUT2D eigenvalue weighted by atomic mass is 16.7. The molecule has 2 rings (SSSR count). The van der Waals surface area contributed by atoms with Crippen LogP contribution in [0.1, 0.15) is 50.3 Å². The SMILES string of the molecule is CCC(OC(=O)OCCC(C)C)(c1cccc(C)c1C)n1ccnc1. The number of hydrogen-bond donors (Lipinski definition) is 0. The third kappa shape index (κ3) is 4.21. The van der Waals surface area contributed by atoms with Gasteiger partial charge in [0.25, 0.3) is 0 Å². The van der Waals surface area contributed by atoms with Crippen molar-refractivity contribution in [1.82, 2.24) is 9.55 Å². The first-order chi connectivity index (χ1) is 11.9. The molecule has 0 N–H and O–H groups in total. The molecule has 1 aromatic carbocycles. The number of aryl methyl sites for hydroxylation is 1. The zero-order valence-corrected chi connectivity index (χ0v) is 15.8. The largest absolute Gasteiger partial charge is 0.510 e. The lowest BCUT2D eigenvalue weighted by atomic mass is 9.92. The molecule has 136 valence electrons. The number of carbonyl (C=O) groups excluding carboxylic acids is 1. The van der Waals surface area contributed by atoms with Gasteiger partial charge in [0.15, 0.2) is 0 Å². The average molecular weight is 344 g/mol. The van der Waals surface area contributed by atoms with Crippen molar-refractivity contribution in [2.75, 3.05) is 6.61 Å². The first-order valence-corrected chi connectivity index (χ1v) is 8.81. The highest BCUT2D eigenvalue weighted by molar-refractivity contribution is 5.61. The molecule has 0 fully saturated rings. The summed E-state index contributed by atoms with van der Waals surface area (Å²) < 4.78 is 13.0. The normalized spacial score (nSPS) is 13.5. The van der Waals surface area contributed by atoms with Crippen LogP contribution >= 0.6 is 0 Å². The van der Waals surface area contributed by atoms with E-state index in [9.17, 15) is 4.79 Å². The third-order valence-corrected chi connectivity index (χ3v) is 4.59. The number of carbonyl (C=O) groups is 1. The molecule has 1 aromatic heterocycles. The minimum Gasteiger partial charge on any atom is -0.434 e. The van der Waals surface area contributed by atoms with Crippen molar-refractivity contribution in [1.29, 1.82) is 0 Å². The molecule has 0 saturated heterocycles. The minimum atomic E-state index is -0.971. The van der Waals surface area contributed by atoms with Gasteiger partial charge in [-0.3, -0.25) is 4.57 Å². The quantitative estimate of drug-likeness (QED) is 0.676. The number of benzene rings is 1. The fraction of sp³-hybridized carbons (Fsp3) is 0.500. The van der Waals surface area contributed by atoms with E-state index in [-0.39, 0.29) is 0 Å². The van der Waals surface area contributed by atoms with Gasteiger partial charge in [-0.2, -0.15) is 0 Å². The molecule has 0 aliphatic carbocycles. The molecule has 5 nitrogen and oxygen atoms in total. The maximum atomic E-state index is 12.4. The molecule has 5 heteroatoms. The van der Waals surface area contributed by atoms with Crippen LogP contribution in [0.3, 0.4) is 0 Å². The Labute approximate surface area is 150 Å².